The predicted molar refractivity (Wildman–Crippen MR) is 125 cm³/mol. The van der Waals surface area contributed by atoms with E-state index in [1.54, 1.807) is 26.4 Å². The van der Waals surface area contributed by atoms with Crippen LogP contribution in [0.5, 0.6) is 23.0 Å². The first-order chi connectivity index (χ1) is 16.2. The molecule has 3 aromatic carbocycles. The lowest BCUT2D eigenvalue weighted by Gasteiger charge is -2.29. The van der Waals surface area contributed by atoms with Crippen molar-refractivity contribution in [1.82, 2.24) is 4.90 Å². The minimum absolute atomic E-state index is 0.123. The van der Waals surface area contributed by atoms with Crippen molar-refractivity contribution in [3.63, 3.8) is 0 Å². The maximum absolute atomic E-state index is 13.0. The Morgan fingerprint density at radius 3 is 2.76 bits per heavy atom. The summed E-state index contributed by atoms with van der Waals surface area (Å²) in [6.07, 6.45) is 2.58. The van der Waals surface area contributed by atoms with Crippen LogP contribution >= 0.6 is 0 Å². The third kappa shape index (κ3) is 4.17. The van der Waals surface area contributed by atoms with Crippen LogP contribution in [0.25, 0.3) is 6.08 Å². The van der Waals surface area contributed by atoms with Crippen LogP contribution in [0.15, 0.2) is 66.4 Å². The molecule has 2 heterocycles. The summed E-state index contributed by atoms with van der Waals surface area (Å²) < 4.78 is 22.8. The maximum Gasteiger partial charge on any atom is 0.231 e. The first-order valence-electron chi connectivity index (χ1n) is 10.9. The van der Waals surface area contributed by atoms with Crippen LogP contribution in [0, 0.1) is 0 Å². The number of para-hydroxylation sites is 1. The van der Waals surface area contributed by atoms with Crippen LogP contribution in [0.1, 0.15) is 27.0 Å². The van der Waals surface area contributed by atoms with Crippen LogP contribution in [0.3, 0.4) is 0 Å². The van der Waals surface area contributed by atoms with Gasteiger partial charge in [0.25, 0.3) is 0 Å². The summed E-state index contributed by atoms with van der Waals surface area (Å²) in [6, 6.07) is 19.2. The summed E-state index contributed by atoms with van der Waals surface area (Å²) in [5.74, 6) is 3.15. The Balaban J connectivity index is 1.36. The Kier molecular flexibility index (Phi) is 5.75. The monoisotopic (exact) mass is 443 g/mol. The molecule has 0 fully saturated rings. The summed E-state index contributed by atoms with van der Waals surface area (Å²) >= 11 is 0. The van der Waals surface area contributed by atoms with Gasteiger partial charge >= 0.3 is 0 Å². The van der Waals surface area contributed by atoms with Gasteiger partial charge in [0.15, 0.2) is 5.76 Å². The zero-order chi connectivity index (χ0) is 22.8. The lowest BCUT2D eigenvalue weighted by molar-refractivity contribution is 0.0948. The van der Waals surface area contributed by atoms with Crippen molar-refractivity contribution in [2.75, 3.05) is 27.5 Å². The molecule has 0 spiro atoms. The summed E-state index contributed by atoms with van der Waals surface area (Å²) in [6.45, 7) is 1.93. The second-order valence-electron chi connectivity index (χ2n) is 8.02. The van der Waals surface area contributed by atoms with Gasteiger partial charge in [-0.1, -0.05) is 30.3 Å². The molecule has 0 N–H and O–H groups in total. The Morgan fingerprint density at radius 2 is 1.91 bits per heavy atom. The normalized spacial score (nSPS) is 16.1. The number of carbonyl (C=O) groups excluding carboxylic acids is 1. The standard InChI is InChI=1S/C27H25NO5/c1-30-20-8-5-6-18(14-20)15-25-26(29)21-10-11-24-22(27(21)33-25)16-28(17-32-24)13-12-19-7-3-4-9-23(19)31-2/h3-11,14-15H,12-13,16-17H2,1-2H3/b25-15-. The van der Waals surface area contributed by atoms with Crippen molar-refractivity contribution in [1.29, 1.82) is 0 Å². The molecular formula is C27H25NO5. The number of fused-ring (bicyclic) bond motifs is 3. The fourth-order valence-corrected chi connectivity index (χ4v) is 4.22. The molecule has 33 heavy (non-hydrogen) atoms. The molecule has 6 nitrogen and oxygen atoms in total. The van der Waals surface area contributed by atoms with Crippen molar-refractivity contribution >= 4 is 11.9 Å². The van der Waals surface area contributed by atoms with E-state index in [9.17, 15) is 4.79 Å². The minimum Gasteiger partial charge on any atom is -0.497 e. The Bertz CT molecular complexity index is 1230. The van der Waals surface area contributed by atoms with Crippen LogP contribution in [-0.4, -0.2) is 38.2 Å². The second-order valence-corrected chi connectivity index (χ2v) is 8.02. The number of benzene rings is 3. The summed E-state index contributed by atoms with van der Waals surface area (Å²) in [5, 5.41) is 0. The van der Waals surface area contributed by atoms with Crippen molar-refractivity contribution in [3.05, 3.63) is 88.7 Å². The van der Waals surface area contributed by atoms with E-state index in [-0.39, 0.29) is 5.78 Å². The number of nitrogens with zero attached hydrogens (tertiary/aromatic N) is 1. The van der Waals surface area contributed by atoms with E-state index in [4.69, 9.17) is 18.9 Å². The van der Waals surface area contributed by atoms with Crippen LogP contribution < -0.4 is 18.9 Å². The molecule has 0 aliphatic carbocycles. The fraction of sp³-hybridized carbons (Fsp3) is 0.222. The number of ketones is 1. The minimum atomic E-state index is -0.123. The van der Waals surface area contributed by atoms with Crippen molar-refractivity contribution in [3.8, 4) is 23.0 Å². The van der Waals surface area contributed by atoms with Gasteiger partial charge in [-0.25, -0.2) is 0 Å². The van der Waals surface area contributed by atoms with Gasteiger partial charge in [-0.15, -0.1) is 0 Å². The lowest BCUT2D eigenvalue weighted by atomic mass is 10.0. The molecule has 3 aromatic rings. The van der Waals surface area contributed by atoms with E-state index in [1.807, 2.05) is 48.5 Å². The van der Waals surface area contributed by atoms with Gasteiger partial charge in [0.05, 0.1) is 25.3 Å². The van der Waals surface area contributed by atoms with Gasteiger partial charge in [0.2, 0.25) is 5.78 Å². The van der Waals surface area contributed by atoms with Crippen LogP contribution in [0.4, 0.5) is 0 Å². The number of methoxy groups -OCH3 is 2. The molecule has 2 aliphatic rings. The number of allylic oxidation sites excluding steroid dienone is 1. The zero-order valence-electron chi connectivity index (χ0n) is 18.7. The number of ether oxygens (including phenoxy) is 4. The highest BCUT2D eigenvalue weighted by Gasteiger charge is 2.33. The van der Waals surface area contributed by atoms with Crippen molar-refractivity contribution in [2.45, 2.75) is 13.0 Å². The number of rotatable bonds is 6. The maximum atomic E-state index is 13.0. The average Bonchev–Trinajstić information content (AvgIpc) is 3.18. The predicted octanol–water partition coefficient (Wildman–Crippen LogP) is 4.71. The van der Waals surface area contributed by atoms with Gasteiger partial charge in [-0.2, -0.15) is 0 Å². The van der Waals surface area contributed by atoms with Gasteiger partial charge < -0.3 is 18.9 Å². The largest absolute Gasteiger partial charge is 0.497 e. The first-order valence-corrected chi connectivity index (χ1v) is 10.9. The highest BCUT2D eigenvalue weighted by Crippen LogP contribution is 2.42. The number of Topliss-reactive ketones (excluding diaryl/α,β-unsaturated/α-hetero) is 1. The molecular weight excluding hydrogens is 418 g/mol. The van der Waals surface area contributed by atoms with Gasteiger partial charge in [0, 0.05) is 13.1 Å². The van der Waals surface area contributed by atoms with Crippen molar-refractivity contribution in [2.24, 2.45) is 0 Å². The highest BCUT2D eigenvalue weighted by molar-refractivity contribution is 6.15. The molecule has 0 aromatic heterocycles. The lowest BCUT2D eigenvalue weighted by Crippen LogP contribution is -2.33. The smallest absolute Gasteiger partial charge is 0.231 e. The molecule has 0 radical (unpaired) electrons. The molecule has 0 saturated carbocycles. The van der Waals surface area contributed by atoms with Crippen molar-refractivity contribution < 1.29 is 23.7 Å². The van der Waals surface area contributed by atoms with E-state index in [2.05, 4.69) is 11.0 Å². The zero-order valence-corrected chi connectivity index (χ0v) is 18.7. The Morgan fingerprint density at radius 1 is 1.03 bits per heavy atom. The van der Waals surface area contributed by atoms with Gasteiger partial charge in [-0.3, -0.25) is 9.69 Å². The number of carbonyl (C=O) groups is 1. The van der Waals surface area contributed by atoms with E-state index in [0.29, 0.717) is 30.3 Å². The summed E-state index contributed by atoms with van der Waals surface area (Å²) in [4.78, 5) is 15.2. The van der Waals surface area contributed by atoms with E-state index < -0.39 is 0 Å². The molecule has 0 atom stereocenters. The van der Waals surface area contributed by atoms with E-state index in [0.717, 1.165) is 46.9 Å². The number of hydrogen-bond acceptors (Lipinski definition) is 6. The van der Waals surface area contributed by atoms with Crippen LogP contribution in [-0.2, 0) is 13.0 Å². The topological polar surface area (TPSA) is 57.2 Å². The fourth-order valence-electron chi connectivity index (χ4n) is 4.22. The summed E-state index contributed by atoms with van der Waals surface area (Å²) in [7, 11) is 3.30. The first kappa shape index (κ1) is 21.1. The average molecular weight is 443 g/mol. The van der Waals surface area contributed by atoms with Crippen LogP contribution in [0.2, 0.25) is 0 Å². The molecule has 168 valence electrons. The molecule has 0 amide bonds. The SMILES string of the molecule is COc1cccc(/C=C2\Oc3c(ccc4c3CN(CCc3ccccc3OC)CO4)C2=O)c1. The third-order valence-corrected chi connectivity index (χ3v) is 5.96. The molecule has 6 heteroatoms. The molecule has 5 rings (SSSR count). The second kappa shape index (κ2) is 9.00. The van der Waals surface area contributed by atoms with E-state index in [1.165, 1.54) is 0 Å². The van der Waals surface area contributed by atoms with Gasteiger partial charge in [0.1, 0.15) is 29.7 Å². The quantitative estimate of drug-likeness (QED) is 0.514. The highest BCUT2D eigenvalue weighted by atomic mass is 16.5. The molecule has 0 unspecified atom stereocenters. The Labute approximate surface area is 193 Å². The molecule has 2 aliphatic heterocycles. The Hall–Kier alpha value is -3.77. The molecule has 0 saturated heterocycles. The summed E-state index contributed by atoms with van der Waals surface area (Å²) in [5.41, 5.74) is 3.47. The third-order valence-electron chi connectivity index (χ3n) is 5.96. The van der Waals surface area contributed by atoms with E-state index >= 15 is 0 Å². The number of hydrogen-bond donors (Lipinski definition) is 0. The molecule has 0 bridgehead atoms. The van der Waals surface area contributed by atoms with Gasteiger partial charge in [-0.05, 0) is 54.0 Å².